The van der Waals surface area contributed by atoms with Crippen LogP contribution in [-0.4, -0.2) is 0 Å². The van der Waals surface area contributed by atoms with E-state index in [0.717, 1.165) is 0 Å². The molecule has 0 unspecified atom stereocenters. The fraction of sp³-hybridized carbons (Fsp3) is 0.122. The molecule has 0 fully saturated rings. The fourth-order valence-corrected chi connectivity index (χ4v) is 8.07. The molecule has 0 heterocycles. The Morgan fingerprint density at radius 2 is 0.780 bits per heavy atom. The molecule has 0 aromatic heterocycles. The van der Waals surface area contributed by atoms with Crippen molar-refractivity contribution in [1.82, 2.24) is 0 Å². The van der Waals surface area contributed by atoms with Crippen LogP contribution in [0.15, 0.2) is 133 Å². The summed E-state index contributed by atoms with van der Waals surface area (Å²) < 4.78 is 0. The molecule has 0 spiro atoms. The van der Waals surface area contributed by atoms with Gasteiger partial charge in [0, 0.05) is 17.3 Å². The van der Waals surface area contributed by atoms with E-state index in [1.807, 2.05) is 0 Å². The highest BCUT2D eigenvalue weighted by atomic mass is 14.4. The van der Waals surface area contributed by atoms with Gasteiger partial charge in [0.15, 0.2) is 0 Å². The van der Waals surface area contributed by atoms with Crippen LogP contribution in [0.4, 0.5) is 0 Å². The molecule has 194 valence electrons. The topological polar surface area (TPSA) is 0 Å². The summed E-state index contributed by atoms with van der Waals surface area (Å²) in [7, 11) is 0. The number of hydrogen-bond acceptors (Lipinski definition) is 0. The van der Waals surface area contributed by atoms with Gasteiger partial charge in [-0.25, -0.2) is 0 Å². The maximum Gasteiger partial charge on any atom is 0.0349 e. The van der Waals surface area contributed by atoms with E-state index in [1.54, 1.807) is 0 Å². The van der Waals surface area contributed by atoms with Crippen LogP contribution >= 0.6 is 0 Å². The lowest BCUT2D eigenvalue weighted by Crippen LogP contribution is -2.27. The van der Waals surface area contributed by atoms with E-state index in [2.05, 4.69) is 147 Å². The fourth-order valence-electron chi connectivity index (χ4n) is 8.07. The van der Waals surface area contributed by atoms with Gasteiger partial charge < -0.3 is 0 Å². The van der Waals surface area contributed by atoms with Crippen molar-refractivity contribution in [2.24, 2.45) is 0 Å². The molecule has 0 radical (unpaired) electrons. The van der Waals surface area contributed by atoms with Gasteiger partial charge in [0.05, 0.1) is 0 Å². The first kappa shape index (κ1) is 23.1. The average Bonchev–Trinajstić information content (AvgIpc) is 3.26. The molecule has 6 aromatic rings. The molecule has 41 heavy (non-hydrogen) atoms. The summed E-state index contributed by atoms with van der Waals surface area (Å²) >= 11 is 0. The zero-order chi connectivity index (χ0) is 27.3. The third-order valence-corrected chi connectivity index (χ3v) is 10.1. The van der Waals surface area contributed by atoms with Crippen molar-refractivity contribution in [2.75, 3.05) is 0 Å². The normalized spacial score (nSPS) is 18.2. The Balaban J connectivity index is 1.16. The van der Waals surface area contributed by atoms with Crippen LogP contribution in [0.25, 0.3) is 33.4 Å². The zero-order valence-electron chi connectivity index (χ0n) is 23.4. The second kappa shape index (κ2) is 8.18. The van der Waals surface area contributed by atoms with Gasteiger partial charge in [-0.1, -0.05) is 129 Å². The summed E-state index contributed by atoms with van der Waals surface area (Å²) in [6.45, 7) is 4.77. The van der Waals surface area contributed by atoms with Gasteiger partial charge in [0.25, 0.3) is 0 Å². The SMILES string of the molecule is CC1(C)c2cc(-c3ccccc3)ccc2-c2ccc(-c3ccc4c(c3)C3c5ccccc5C4c4ccccc43)cc21. The molecule has 0 saturated heterocycles. The number of fused-ring (bicyclic) bond motifs is 3. The third kappa shape index (κ3) is 3.11. The van der Waals surface area contributed by atoms with Crippen LogP contribution in [0.5, 0.6) is 0 Å². The summed E-state index contributed by atoms with van der Waals surface area (Å²) in [4.78, 5) is 0. The van der Waals surface area contributed by atoms with Gasteiger partial charge in [-0.2, -0.15) is 0 Å². The Hall–Kier alpha value is -4.68. The largest absolute Gasteiger partial charge is 0.0622 e. The summed E-state index contributed by atoms with van der Waals surface area (Å²) in [5, 5.41) is 0. The minimum Gasteiger partial charge on any atom is -0.0622 e. The van der Waals surface area contributed by atoms with Crippen LogP contribution in [0, 0.1) is 0 Å². The summed E-state index contributed by atoms with van der Waals surface area (Å²) in [5.74, 6) is 0.623. The van der Waals surface area contributed by atoms with E-state index < -0.39 is 0 Å². The van der Waals surface area contributed by atoms with E-state index >= 15 is 0 Å². The van der Waals surface area contributed by atoms with Crippen LogP contribution < -0.4 is 0 Å². The molecule has 6 aromatic carbocycles. The first-order valence-corrected chi connectivity index (χ1v) is 14.8. The smallest absolute Gasteiger partial charge is 0.0349 e. The third-order valence-electron chi connectivity index (χ3n) is 10.1. The van der Waals surface area contributed by atoms with Crippen molar-refractivity contribution in [3.63, 3.8) is 0 Å². The lowest BCUT2D eigenvalue weighted by Gasteiger charge is -2.42. The molecule has 0 aliphatic heterocycles. The minimum atomic E-state index is -0.0589. The Kier molecular flexibility index (Phi) is 4.60. The maximum absolute atomic E-state index is 2.49. The predicted molar refractivity (Wildman–Crippen MR) is 170 cm³/mol. The lowest BCUT2D eigenvalue weighted by molar-refractivity contribution is 0.661. The Labute approximate surface area is 242 Å². The second-order valence-corrected chi connectivity index (χ2v) is 12.5. The van der Waals surface area contributed by atoms with Crippen molar-refractivity contribution in [3.8, 4) is 33.4 Å². The molecule has 0 heteroatoms. The van der Waals surface area contributed by atoms with Gasteiger partial charge >= 0.3 is 0 Å². The quantitative estimate of drug-likeness (QED) is 0.212. The zero-order valence-corrected chi connectivity index (χ0v) is 23.4. The minimum absolute atomic E-state index is 0.0589. The van der Waals surface area contributed by atoms with Crippen molar-refractivity contribution in [3.05, 3.63) is 178 Å². The van der Waals surface area contributed by atoms with Gasteiger partial charge in [-0.3, -0.25) is 0 Å². The monoisotopic (exact) mass is 522 g/mol. The molecule has 0 saturated carbocycles. The number of rotatable bonds is 2. The molecule has 2 bridgehead atoms. The van der Waals surface area contributed by atoms with E-state index in [1.165, 1.54) is 77.9 Å². The molecule has 4 aliphatic carbocycles. The molecule has 0 amide bonds. The highest BCUT2D eigenvalue weighted by Gasteiger charge is 2.41. The molecular weight excluding hydrogens is 492 g/mol. The van der Waals surface area contributed by atoms with E-state index in [4.69, 9.17) is 0 Å². The Morgan fingerprint density at radius 1 is 0.366 bits per heavy atom. The van der Waals surface area contributed by atoms with Gasteiger partial charge in [0.1, 0.15) is 0 Å². The van der Waals surface area contributed by atoms with Gasteiger partial charge in [-0.05, 0) is 96.1 Å². The van der Waals surface area contributed by atoms with Crippen molar-refractivity contribution >= 4 is 0 Å². The molecular formula is C41H30. The first-order chi connectivity index (χ1) is 20.1. The maximum atomic E-state index is 2.49. The Morgan fingerprint density at radius 3 is 1.34 bits per heavy atom. The molecule has 10 rings (SSSR count). The molecule has 0 atom stereocenters. The van der Waals surface area contributed by atoms with E-state index in [0.29, 0.717) is 11.8 Å². The molecule has 0 nitrogen and oxygen atoms in total. The predicted octanol–water partition coefficient (Wildman–Crippen LogP) is 10.3. The van der Waals surface area contributed by atoms with E-state index in [9.17, 15) is 0 Å². The van der Waals surface area contributed by atoms with Crippen LogP contribution in [0.3, 0.4) is 0 Å². The number of hydrogen-bond donors (Lipinski definition) is 0. The van der Waals surface area contributed by atoms with Crippen LogP contribution in [0.1, 0.15) is 70.2 Å². The molecule has 4 aliphatic rings. The second-order valence-electron chi connectivity index (χ2n) is 12.5. The summed E-state index contributed by atoms with van der Waals surface area (Å²) in [6.07, 6.45) is 0. The average molecular weight is 523 g/mol. The Bertz CT molecular complexity index is 1980. The van der Waals surface area contributed by atoms with Crippen molar-refractivity contribution < 1.29 is 0 Å². The van der Waals surface area contributed by atoms with Gasteiger partial charge in [-0.15, -0.1) is 0 Å². The standard InChI is InChI=1S/C41H30/c1-41(2)37-23-27(25-10-4-3-5-11-25)16-19-29(37)30-20-17-28(24-38(30)41)26-18-21-35-36(22-26)40-33-14-8-6-12-31(33)39(35)32-13-7-9-15-34(32)40/h3-24,39-40H,1-2H3. The highest BCUT2D eigenvalue weighted by Crippen LogP contribution is 2.56. The van der Waals surface area contributed by atoms with Gasteiger partial charge in [0.2, 0.25) is 0 Å². The summed E-state index contributed by atoms with van der Waals surface area (Å²) in [6, 6.07) is 50.3. The first-order valence-electron chi connectivity index (χ1n) is 14.8. The summed E-state index contributed by atoms with van der Waals surface area (Å²) in [5.41, 5.74) is 19.5. The number of benzene rings is 6. The van der Waals surface area contributed by atoms with E-state index in [-0.39, 0.29) is 5.41 Å². The van der Waals surface area contributed by atoms with Crippen molar-refractivity contribution in [1.29, 1.82) is 0 Å². The van der Waals surface area contributed by atoms with Crippen LogP contribution in [-0.2, 0) is 5.41 Å². The van der Waals surface area contributed by atoms with Crippen LogP contribution in [0.2, 0.25) is 0 Å². The molecule has 0 N–H and O–H groups in total. The highest BCUT2D eigenvalue weighted by molar-refractivity contribution is 5.86. The van der Waals surface area contributed by atoms with Crippen molar-refractivity contribution in [2.45, 2.75) is 31.1 Å². The lowest BCUT2D eigenvalue weighted by atomic mass is 9.61.